The fourth-order valence-electron chi connectivity index (χ4n) is 2.37. The molecule has 1 aromatic carbocycles. The van der Waals surface area contributed by atoms with E-state index in [0.29, 0.717) is 22.9 Å². The summed E-state index contributed by atoms with van der Waals surface area (Å²) in [6, 6.07) is 3.54. The number of primary amides is 1. The van der Waals surface area contributed by atoms with Crippen LogP contribution in [-0.2, 0) is 0 Å². The lowest BCUT2D eigenvalue weighted by Crippen LogP contribution is -2.28. The van der Waals surface area contributed by atoms with Crippen molar-refractivity contribution in [2.75, 3.05) is 11.4 Å². The van der Waals surface area contributed by atoms with Gasteiger partial charge in [0, 0.05) is 12.6 Å². The largest absolute Gasteiger partial charge is 0.478 e. The zero-order valence-corrected chi connectivity index (χ0v) is 11.1. The molecule has 1 aromatic rings. The van der Waals surface area contributed by atoms with Crippen LogP contribution < -0.4 is 10.6 Å². The molecule has 1 aliphatic carbocycles. The van der Waals surface area contributed by atoms with Crippen LogP contribution >= 0.6 is 0 Å². The van der Waals surface area contributed by atoms with Crippen LogP contribution in [0.25, 0.3) is 0 Å². The smallest absolute Gasteiger partial charge is 0.336 e. The van der Waals surface area contributed by atoms with Gasteiger partial charge in [0.15, 0.2) is 0 Å². The summed E-state index contributed by atoms with van der Waals surface area (Å²) >= 11 is 0. The van der Waals surface area contributed by atoms with Gasteiger partial charge in [-0.15, -0.1) is 0 Å². The summed E-state index contributed by atoms with van der Waals surface area (Å²) in [7, 11) is 0. The van der Waals surface area contributed by atoms with Gasteiger partial charge in [-0.3, -0.25) is 4.79 Å². The first kappa shape index (κ1) is 13.4. The van der Waals surface area contributed by atoms with Crippen LogP contribution in [0.4, 0.5) is 5.69 Å². The third-order valence-electron chi connectivity index (χ3n) is 3.48. The lowest BCUT2D eigenvalue weighted by molar-refractivity contribution is 0.0695. The van der Waals surface area contributed by atoms with Crippen LogP contribution in [0, 0.1) is 6.92 Å². The lowest BCUT2D eigenvalue weighted by atomic mass is 10.0. The van der Waals surface area contributed by atoms with Crippen LogP contribution in [0.3, 0.4) is 0 Å². The molecule has 0 atom stereocenters. The molecule has 0 saturated heterocycles. The van der Waals surface area contributed by atoms with Gasteiger partial charge in [-0.2, -0.15) is 0 Å². The topological polar surface area (TPSA) is 83.6 Å². The minimum Gasteiger partial charge on any atom is -0.478 e. The highest BCUT2D eigenvalue weighted by Gasteiger charge is 2.31. The number of benzene rings is 1. The quantitative estimate of drug-likeness (QED) is 0.847. The number of hydrogen-bond donors (Lipinski definition) is 2. The Morgan fingerprint density at radius 3 is 2.42 bits per heavy atom. The molecule has 1 saturated carbocycles. The Balaban J connectivity index is 2.57. The molecule has 0 aromatic heterocycles. The fraction of sp³-hybridized carbons (Fsp3) is 0.429. The van der Waals surface area contributed by atoms with E-state index in [4.69, 9.17) is 5.73 Å². The van der Waals surface area contributed by atoms with E-state index in [1.165, 1.54) is 0 Å². The molecule has 0 heterocycles. The molecule has 0 spiro atoms. The van der Waals surface area contributed by atoms with Gasteiger partial charge in [-0.25, -0.2) is 4.79 Å². The van der Waals surface area contributed by atoms with Crippen molar-refractivity contribution >= 4 is 17.6 Å². The van der Waals surface area contributed by atoms with Crippen LogP contribution in [0.2, 0.25) is 0 Å². The first-order chi connectivity index (χ1) is 8.95. The molecule has 5 heteroatoms. The van der Waals surface area contributed by atoms with E-state index in [-0.39, 0.29) is 5.56 Å². The van der Waals surface area contributed by atoms with Crippen molar-refractivity contribution in [3.8, 4) is 0 Å². The zero-order chi connectivity index (χ0) is 14.2. The fourth-order valence-corrected chi connectivity index (χ4v) is 2.37. The van der Waals surface area contributed by atoms with E-state index in [1.807, 2.05) is 6.92 Å². The monoisotopic (exact) mass is 262 g/mol. The minimum absolute atomic E-state index is 0.221. The Labute approximate surface area is 112 Å². The van der Waals surface area contributed by atoms with E-state index >= 15 is 0 Å². The Kier molecular flexibility index (Phi) is 3.46. The van der Waals surface area contributed by atoms with E-state index in [2.05, 4.69) is 4.90 Å². The third-order valence-corrected chi connectivity index (χ3v) is 3.48. The molecule has 102 valence electrons. The summed E-state index contributed by atoms with van der Waals surface area (Å²) < 4.78 is 0. The van der Waals surface area contributed by atoms with Crippen LogP contribution in [0.15, 0.2) is 12.1 Å². The SMILES string of the molecule is CCN(c1cc(C(=O)O)c(C)cc1C(N)=O)C1CC1. The Hall–Kier alpha value is -2.04. The number of carboxylic acids is 1. The maximum absolute atomic E-state index is 11.6. The number of carbonyl (C=O) groups excluding carboxylic acids is 1. The molecular weight excluding hydrogens is 244 g/mol. The van der Waals surface area contributed by atoms with Gasteiger partial charge in [-0.05, 0) is 44.4 Å². The summed E-state index contributed by atoms with van der Waals surface area (Å²) in [5.41, 5.74) is 7.22. The number of aromatic carboxylic acids is 1. The lowest BCUT2D eigenvalue weighted by Gasteiger charge is -2.25. The Morgan fingerprint density at radius 2 is 2.00 bits per heavy atom. The molecule has 1 fully saturated rings. The average molecular weight is 262 g/mol. The van der Waals surface area contributed by atoms with Crippen LogP contribution in [-0.4, -0.2) is 29.6 Å². The molecule has 2 rings (SSSR count). The number of amides is 1. The second kappa shape index (κ2) is 4.91. The summed E-state index contributed by atoms with van der Waals surface area (Å²) in [4.78, 5) is 24.8. The second-order valence-corrected chi connectivity index (χ2v) is 4.87. The van der Waals surface area contributed by atoms with Crippen LogP contribution in [0.1, 0.15) is 46.0 Å². The molecule has 0 radical (unpaired) electrons. The number of aryl methyl sites for hydroxylation is 1. The van der Waals surface area contributed by atoms with Crippen molar-refractivity contribution in [3.63, 3.8) is 0 Å². The second-order valence-electron chi connectivity index (χ2n) is 4.87. The van der Waals surface area contributed by atoms with E-state index in [9.17, 15) is 14.7 Å². The number of rotatable bonds is 5. The van der Waals surface area contributed by atoms with Gasteiger partial charge < -0.3 is 15.7 Å². The first-order valence-corrected chi connectivity index (χ1v) is 6.40. The van der Waals surface area contributed by atoms with E-state index in [0.717, 1.165) is 19.4 Å². The van der Waals surface area contributed by atoms with Crippen molar-refractivity contribution < 1.29 is 14.7 Å². The van der Waals surface area contributed by atoms with Crippen molar-refractivity contribution in [1.82, 2.24) is 0 Å². The summed E-state index contributed by atoms with van der Waals surface area (Å²) in [5.74, 6) is -1.50. The van der Waals surface area contributed by atoms with Gasteiger partial charge >= 0.3 is 5.97 Å². The number of nitrogens with two attached hydrogens (primary N) is 1. The van der Waals surface area contributed by atoms with Gasteiger partial charge in [0.2, 0.25) is 0 Å². The predicted octanol–water partition coefficient (Wildman–Crippen LogP) is 1.78. The van der Waals surface area contributed by atoms with Crippen molar-refractivity contribution in [3.05, 3.63) is 28.8 Å². The zero-order valence-electron chi connectivity index (χ0n) is 11.1. The molecule has 1 amide bonds. The average Bonchev–Trinajstić information content (AvgIpc) is 3.15. The first-order valence-electron chi connectivity index (χ1n) is 6.40. The Morgan fingerprint density at radius 1 is 1.37 bits per heavy atom. The standard InChI is InChI=1S/C14H18N2O3/c1-3-16(9-4-5-9)12-7-10(14(18)19)8(2)6-11(12)13(15)17/h6-7,9H,3-5H2,1-2H3,(H2,15,17)(H,18,19). The summed E-state index contributed by atoms with van der Waals surface area (Å²) in [6.07, 6.45) is 2.14. The normalized spacial score (nSPS) is 14.2. The molecule has 3 N–H and O–H groups in total. The number of carbonyl (C=O) groups is 2. The number of hydrogen-bond acceptors (Lipinski definition) is 3. The molecule has 0 bridgehead atoms. The molecule has 0 unspecified atom stereocenters. The van der Waals surface area contributed by atoms with Crippen LogP contribution in [0.5, 0.6) is 0 Å². The van der Waals surface area contributed by atoms with Crippen molar-refractivity contribution in [2.24, 2.45) is 5.73 Å². The third kappa shape index (κ3) is 2.54. The maximum Gasteiger partial charge on any atom is 0.336 e. The maximum atomic E-state index is 11.6. The highest BCUT2D eigenvalue weighted by molar-refractivity contribution is 6.01. The van der Waals surface area contributed by atoms with Gasteiger partial charge in [0.1, 0.15) is 0 Å². The Bertz CT molecular complexity index is 536. The summed E-state index contributed by atoms with van der Waals surface area (Å²) in [5, 5.41) is 9.19. The molecule has 0 aliphatic heterocycles. The van der Waals surface area contributed by atoms with E-state index in [1.54, 1.807) is 19.1 Å². The summed E-state index contributed by atoms with van der Waals surface area (Å²) in [6.45, 7) is 4.39. The van der Waals surface area contributed by atoms with Crippen molar-refractivity contribution in [1.29, 1.82) is 0 Å². The van der Waals surface area contributed by atoms with Crippen molar-refractivity contribution in [2.45, 2.75) is 32.7 Å². The molecule has 1 aliphatic rings. The number of carboxylic acid groups (broad SMARTS) is 1. The molecular formula is C14H18N2O3. The number of nitrogens with zero attached hydrogens (tertiary/aromatic N) is 1. The van der Waals surface area contributed by atoms with Gasteiger partial charge in [-0.1, -0.05) is 0 Å². The highest BCUT2D eigenvalue weighted by Crippen LogP contribution is 2.34. The minimum atomic E-state index is -0.985. The van der Waals surface area contributed by atoms with Gasteiger partial charge in [0.25, 0.3) is 5.91 Å². The number of anilines is 1. The highest BCUT2D eigenvalue weighted by atomic mass is 16.4. The van der Waals surface area contributed by atoms with E-state index < -0.39 is 11.9 Å². The van der Waals surface area contributed by atoms with Gasteiger partial charge in [0.05, 0.1) is 16.8 Å². The molecule has 5 nitrogen and oxygen atoms in total. The molecule has 19 heavy (non-hydrogen) atoms. The predicted molar refractivity (Wildman–Crippen MR) is 72.7 cm³/mol.